The number of aromatic hydroxyl groups is 1. The Kier molecular flexibility index (Phi) is 5.75. The molecule has 4 rings (SSSR count). The van der Waals surface area contributed by atoms with Gasteiger partial charge in [-0.3, -0.25) is 0 Å². The Labute approximate surface area is 158 Å². The Hall–Kier alpha value is -2.57. The molecule has 136 valence electrons. The van der Waals surface area contributed by atoms with Crippen LogP contribution < -0.4 is 10.6 Å². The zero-order valence-electron chi connectivity index (χ0n) is 14.2. The lowest BCUT2D eigenvalue weighted by atomic mass is 10.2. The van der Waals surface area contributed by atoms with Crippen LogP contribution in [0, 0.1) is 0 Å². The van der Waals surface area contributed by atoms with E-state index in [2.05, 4.69) is 20.6 Å². The summed E-state index contributed by atoms with van der Waals surface area (Å²) in [5.74, 6) is 1.46. The molecule has 1 atom stereocenters. The number of para-hydroxylation sites is 1. The van der Waals surface area contributed by atoms with Gasteiger partial charge in [-0.1, -0.05) is 18.2 Å². The van der Waals surface area contributed by atoms with Gasteiger partial charge in [0.1, 0.15) is 11.6 Å². The van der Waals surface area contributed by atoms with Gasteiger partial charge < -0.3 is 20.5 Å². The van der Waals surface area contributed by atoms with E-state index in [1.54, 1.807) is 18.2 Å². The molecule has 2 heterocycles. The predicted octanol–water partition coefficient (Wildman–Crippen LogP) is 4.09. The molecular formula is C19H21ClN4O2. The molecule has 0 amide bonds. The topological polar surface area (TPSA) is 79.3 Å². The van der Waals surface area contributed by atoms with E-state index in [9.17, 15) is 5.11 Å². The molecule has 3 N–H and O–H groups in total. The summed E-state index contributed by atoms with van der Waals surface area (Å²) in [6, 6.07) is 14.8. The first-order valence-electron chi connectivity index (χ1n) is 8.46. The van der Waals surface area contributed by atoms with Crippen LogP contribution >= 0.6 is 12.4 Å². The summed E-state index contributed by atoms with van der Waals surface area (Å²) in [4.78, 5) is 9.18. The summed E-state index contributed by atoms with van der Waals surface area (Å²) in [5.41, 5.74) is 1.59. The average Bonchev–Trinajstić information content (AvgIpc) is 3.13. The van der Waals surface area contributed by atoms with Crippen molar-refractivity contribution < 1.29 is 9.84 Å². The Morgan fingerprint density at radius 3 is 2.81 bits per heavy atom. The molecule has 3 aromatic rings. The molecule has 1 aliphatic heterocycles. The van der Waals surface area contributed by atoms with Gasteiger partial charge >= 0.3 is 0 Å². The van der Waals surface area contributed by atoms with Crippen molar-refractivity contribution >= 4 is 40.8 Å². The number of phenols is 1. The van der Waals surface area contributed by atoms with E-state index in [1.165, 1.54) is 0 Å². The van der Waals surface area contributed by atoms with Crippen LogP contribution in [0.25, 0.3) is 10.9 Å². The van der Waals surface area contributed by atoms with E-state index in [0.29, 0.717) is 5.95 Å². The fourth-order valence-electron chi connectivity index (χ4n) is 3.00. The molecule has 26 heavy (non-hydrogen) atoms. The third-order valence-corrected chi connectivity index (χ3v) is 4.23. The Morgan fingerprint density at radius 2 is 2.00 bits per heavy atom. The molecule has 6 nitrogen and oxygen atoms in total. The lowest BCUT2D eigenvalue weighted by Gasteiger charge is -2.14. The van der Waals surface area contributed by atoms with Crippen molar-refractivity contribution in [2.24, 2.45) is 0 Å². The number of benzene rings is 2. The summed E-state index contributed by atoms with van der Waals surface area (Å²) in [7, 11) is 0. The molecule has 0 bridgehead atoms. The molecular weight excluding hydrogens is 352 g/mol. The predicted molar refractivity (Wildman–Crippen MR) is 106 cm³/mol. The summed E-state index contributed by atoms with van der Waals surface area (Å²) < 4.78 is 5.68. The maximum atomic E-state index is 9.62. The van der Waals surface area contributed by atoms with Crippen molar-refractivity contribution in [1.29, 1.82) is 0 Å². The lowest BCUT2D eigenvalue weighted by molar-refractivity contribution is 0.120. The highest BCUT2D eigenvalue weighted by Gasteiger charge is 2.16. The number of aromatic nitrogens is 2. The molecule has 0 spiro atoms. The smallest absolute Gasteiger partial charge is 0.229 e. The second-order valence-corrected chi connectivity index (χ2v) is 6.10. The fourth-order valence-corrected chi connectivity index (χ4v) is 3.00. The number of hydrogen-bond donors (Lipinski definition) is 3. The van der Waals surface area contributed by atoms with Crippen LogP contribution in [0.15, 0.2) is 48.5 Å². The van der Waals surface area contributed by atoms with E-state index < -0.39 is 0 Å². The lowest BCUT2D eigenvalue weighted by Crippen LogP contribution is -2.19. The van der Waals surface area contributed by atoms with Crippen molar-refractivity contribution in [2.45, 2.75) is 18.9 Å². The van der Waals surface area contributed by atoms with Crippen LogP contribution in [0.2, 0.25) is 0 Å². The molecule has 1 unspecified atom stereocenters. The second-order valence-electron chi connectivity index (χ2n) is 6.10. The molecule has 1 saturated heterocycles. The van der Waals surface area contributed by atoms with Gasteiger partial charge in [0.15, 0.2) is 0 Å². The fraction of sp³-hybridized carbons (Fsp3) is 0.263. The second kappa shape index (κ2) is 8.21. The zero-order chi connectivity index (χ0) is 17.1. The average molecular weight is 373 g/mol. The summed E-state index contributed by atoms with van der Waals surface area (Å²) >= 11 is 0. The van der Waals surface area contributed by atoms with Crippen molar-refractivity contribution in [3.8, 4) is 5.75 Å². The van der Waals surface area contributed by atoms with Crippen molar-refractivity contribution in [1.82, 2.24) is 9.97 Å². The molecule has 0 aliphatic carbocycles. The van der Waals surface area contributed by atoms with Gasteiger partial charge in [-0.15, -0.1) is 12.4 Å². The quantitative estimate of drug-likeness (QED) is 0.626. The Balaban J connectivity index is 0.00000196. The zero-order valence-corrected chi connectivity index (χ0v) is 15.0. The van der Waals surface area contributed by atoms with Crippen LogP contribution in [-0.2, 0) is 4.74 Å². The van der Waals surface area contributed by atoms with E-state index in [1.807, 2.05) is 30.3 Å². The van der Waals surface area contributed by atoms with Crippen molar-refractivity contribution in [3.05, 3.63) is 48.5 Å². The first-order chi connectivity index (χ1) is 12.3. The molecule has 0 saturated carbocycles. The maximum absolute atomic E-state index is 9.62. The number of halogens is 1. The molecule has 2 aromatic carbocycles. The van der Waals surface area contributed by atoms with E-state index in [-0.39, 0.29) is 24.3 Å². The first kappa shape index (κ1) is 18.2. The first-order valence-corrected chi connectivity index (χ1v) is 8.46. The Bertz CT molecular complexity index is 884. The number of nitrogens with one attached hydrogen (secondary N) is 2. The summed E-state index contributed by atoms with van der Waals surface area (Å²) in [5, 5.41) is 17.1. The third-order valence-electron chi connectivity index (χ3n) is 4.23. The number of hydrogen-bond acceptors (Lipinski definition) is 6. The largest absolute Gasteiger partial charge is 0.508 e. The van der Waals surface area contributed by atoms with Gasteiger partial charge in [0.25, 0.3) is 0 Å². The number of phenolic OH excluding ortho intramolecular Hbond substituents is 1. The van der Waals surface area contributed by atoms with Gasteiger partial charge in [0.2, 0.25) is 5.95 Å². The molecule has 1 fully saturated rings. The number of fused-ring (bicyclic) bond motifs is 1. The summed E-state index contributed by atoms with van der Waals surface area (Å²) in [6.07, 6.45) is 2.42. The molecule has 0 radical (unpaired) electrons. The van der Waals surface area contributed by atoms with E-state index in [0.717, 1.165) is 48.4 Å². The highest BCUT2D eigenvalue weighted by molar-refractivity contribution is 5.90. The van der Waals surface area contributed by atoms with Gasteiger partial charge in [-0.25, -0.2) is 4.98 Å². The minimum absolute atomic E-state index is 0. The number of nitrogens with zero attached hydrogens (tertiary/aromatic N) is 2. The van der Waals surface area contributed by atoms with Crippen molar-refractivity contribution in [3.63, 3.8) is 0 Å². The number of rotatable bonds is 5. The molecule has 1 aromatic heterocycles. The number of ether oxygens (including phenoxy) is 1. The monoisotopic (exact) mass is 372 g/mol. The third kappa shape index (κ3) is 4.15. The van der Waals surface area contributed by atoms with Crippen LogP contribution in [0.4, 0.5) is 17.5 Å². The maximum Gasteiger partial charge on any atom is 0.229 e. The normalized spacial score (nSPS) is 16.2. The minimum atomic E-state index is 0. The van der Waals surface area contributed by atoms with Crippen molar-refractivity contribution in [2.75, 3.05) is 23.8 Å². The van der Waals surface area contributed by atoms with Gasteiger partial charge in [-0.05, 0) is 37.1 Å². The summed E-state index contributed by atoms with van der Waals surface area (Å²) in [6.45, 7) is 1.56. The van der Waals surface area contributed by atoms with Gasteiger partial charge in [0.05, 0.1) is 11.6 Å². The Morgan fingerprint density at radius 1 is 1.12 bits per heavy atom. The highest BCUT2D eigenvalue weighted by Crippen LogP contribution is 2.25. The van der Waals surface area contributed by atoms with Gasteiger partial charge in [-0.2, -0.15) is 4.98 Å². The highest BCUT2D eigenvalue weighted by atomic mass is 35.5. The van der Waals surface area contributed by atoms with Crippen LogP contribution in [0.3, 0.4) is 0 Å². The minimum Gasteiger partial charge on any atom is -0.508 e. The SMILES string of the molecule is Cl.Oc1cccc(Nc2nc(NCC3CCCO3)c3ccccc3n2)c1. The van der Waals surface area contributed by atoms with Crippen LogP contribution in [0.1, 0.15) is 12.8 Å². The number of anilines is 3. The van der Waals surface area contributed by atoms with E-state index in [4.69, 9.17) is 4.74 Å². The van der Waals surface area contributed by atoms with Crippen LogP contribution in [-0.4, -0.2) is 34.3 Å². The van der Waals surface area contributed by atoms with Gasteiger partial charge in [0, 0.05) is 30.3 Å². The van der Waals surface area contributed by atoms with E-state index >= 15 is 0 Å². The standard InChI is InChI=1S/C19H20N4O2.ClH/c24-14-6-3-5-13(11-14)21-19-22-17-9-2-1-8-16(17)18(23-19)20-12-15-7-4-10-25-15;/h1-3,5-6,8-9,11,15,24H,4,7,10,12H2,(H2,20,21,22,23);1H. The molecule has 7 heteroatoms. The molecule has 1 aliphatic rings. The van der Waals surface area contributed by atoms with Crippen LogP contribution in [0.5, 0.6) is 5.75 Å².